The van der Waals surface area contributed by atoms with Crippen molar-refractivity contribution in [3.63, 3.8) is 0 Å². The molecule has 1 atom stereocenters. The molecule has 3 aliphatic heterocycles. The number of hydrogen-bond donors (Lipinski definition) is 0. The number of rotatable bonds is 4. The molecular formula is C18H24N4O2S. The first-order chi connectivity index (χ1) is 12.2. The number of hydrogen-bond acceptors (Lipinski definition) is 5. The highest BCUT2D eigenvalue weighted by atomic mass is 32.1. The third-order valence-corrected chi connectivity index (χ3v) is 5.60. The molecule has 1 amide bonds. The summed E-state index contributed by atoms with van der Waals surface area (Å²) in [5.74, 6) is -0.00296. The summed E-state index contributed by atoms with van der Waals surface area (Å²) >= 11 is 5.38. The molecule has 0 bridgehead atoms. The highest BCUT2D eigenvalue weighted by Gasteiger charge is 2.33. The molecule has 4 rings (SSSR count). The van der Waals surface area contributed by atoms with Gasteiger partial charge in [-0.1, -0.05) is 6.08 Å². The van der Waals surface area contributed by atoms with E-state index < -0.39 is 0 Å². The van der Waals surface area contributed by atoms with Crippen LogP contribution in [0.2, 0.25) is 0 Å². The molecule has 0 saturated carbocycles. The predicted molar refractivity (Wildman–Crippen MR) is 101 cm³/mol. The van der Waals surface area contributed by atoms with E-state index in [1.54, 1.807) is 4.90 Å². The summed E-state index contributed by atoms with van der Waals surface area (Å²) in [5, 5.41) is 0.394. The van der Waals surface area contributed by atoms with Gasteiger partial charge in [0.1, 0.15) is 0 Å². The molecule has 134 valence electrons. The fourth-order valence-electron chi connectivity index (χ4n) is 3.81. The molecule has 0 aromatic heterocycles. The van der Waals surface area contributed by atoms with Crippen LogP contribution in [0.15, 0.2) is 28.8 Å². The topological polar surface area (TPSA) is 48.4 Å². The third kappa shape index (κ3) is 3.60. The maximum absolute atomic E-state index is 13.0. The van der Waals surface area contributed by atoms with Crippen LogP contribution < -0.4 is 0 Å². The van der Waals surface area contributed by atoms with Crippen molar-refractivity contribution in [1.82, 2.24) is 14.7 Å². The molecule has 1 aliphatic carbocycles. The maximum Gasteiger partial charge on any atom is 0.262 e. The first-order valence-electron chi connectivity index (χ1n) is 9.11. The summed E-state index contributed by atoms with van der Waals surface area (Å²) in [6.45, 7) is 6.99. The van der Waals surface area contributed by atoms with E-state index in [2.05, 4.69) is 20.9 Å². The van der Waals surface area contributed by atoms with Gasteiger partial charge < -0.3 is 9.64 Å². The minimum atomic E-state index is -0.00296. The number of aliphatic imine (C=N–C) groups is 1. The number of amides is 1. The number of carbonyl (C=O) groups excluding carboxylic acids is 1. The lowest BCUT2D eigenvalue weighted by Crippen LogP contribution is -2.47. The van der Waals surface area contributed by atoms with Gasteiger partial charge in [-0.25, -0.2) is 4.99 Å². The SMILES string of the molecule is O=C1C2=CC(N3CCOCC3)C=CC2=NC(=S)N1CCN1CCCC1. The number of allylic oxidation sites excluding steroid dienone is 1. The minimum absolute atomic E-state index is 0.00296. The zero-order valence-electron chi connectivity index (χ0n) is 14.4. The highest BCUT2D eigenvalue weighted by molar-refractivity contribution is 7.80. The van der Waals surface area contributed by atoms with E-state index in [9.17, 15) is 4.79 Å². The average molecular weight is 360 g/mol. The van der Waals surface area contributed by atoms with Crippen LogP contribution in [-0.4, -0.2) is 90.0 Å². The molecule has 0 aromatic carbocycles. The van der Waals surface area contributed by atoms with Crippen LogP contribution in [0.1, 0.15) is 12.8 Å². The van der Waals surface area contributed by atoms with Crippen molar-refractivity contribution >= 4 is 28.9 Å². The Morgan fingerprint density at radius 1 is 1.16 bits per heavy atom. The molecule has 0 N–H and O–H groups in total. The molecule has 7 heteroatoms. The van der Waals surface area contributed by atoms with Gasteiger partial charge in [-0.2, -0.15) is 0 Å². The van der Waals surface area contributed by atoms with Gasteiger partial charge in [-0.3, -0.25) is 14.6 Å². The van der Waals surface area contributed by atoms with Crippen molar-refractivity contribution in [2.24, 2.45) is 4.99 Å². The lowest BCUT2D eigenvalue weighted by atomic mass is 9.97. The van der Waals surface area contributed by atoms with Crippen LogP contribution in [0.5, 0.6) is 0 Å². The average Bonchev–Trinajstić information content (AvgIpc) is 3.15. The molecular weight excluding hydrogens is 336 g/mol. The quantitative estimate of drug-likeness (QED) is 0.696. The number of ether oxygens (including phenoxy) is 1. The molecule has 2 fully saturated rings. The predicted octanol–water partition coefficient (Wildman–Crippen LogP) is 0.847. The van der Waals surface area contributed by atoms with Crippen LogP contribution in [0, 0.1) is 0 Å². The van der Waals surface area contributed by atoms with E-state index >= 15 is 0 Å². The molecule has 25 heavy (non-hydrogen) atoms. The van der Waals surface area contributed by atoms with E-state index in [-0.39, 0.29) is 11.9 Å². The largest absolute Gasteiger partial charge is 0.379 e. The summed E-state index contributed by atoms with van der Waals surface area (Å²) < 4.78 is 5.42. The van der Waals surface area contributed by atoms with E-state index in [0.29, 0.717) is 22.9 Å². The second kappa shape index (κ2) is 7.45. The number of fused-ring (bicyclic) bond motifs is 1. The number of likely N-dealkylation sites (tertiary alicyclic amines) is 1. The Labute approximate surface area is 153 Å². The molecule has 3 heterocycles. The Morgan fingerprint density at radius 3 is 2.68 bits per heavy atom. The molecule has 0 radical (unpaired) electrons. The van der Waals surface area contributed by atoms with Gasteiger partial charge in [0.25, 0.3) is 5.91 Å². The van der Waals surface area contributed by atoms with Gasteiger partial charge in [-0.15, -0.1) is 0 Å². The summed E-state index contributed by atoms with van der Waals surface area (Å²) in [4.78, 5) is 23.9. The van der Waals surface area contributed by atoms with E-state index in [1.165, 1.54) is 12.8 Å². The molecule has 0 spiro atoms. The van der Waals surface area contributed by atoms with Gasteiger partial charge in [0.05, 0.1) is 24.5 Å². The monoisotopic (exact) mass is 360 g/mol. The van der Waals surface area contributed by atoms with E-state index in [4.69, 9.17) is 17.0 Å². The number of thiocarbonyl (C=S) groups is 1. The first kappa shape index (κ1) is 17.0. The van der Waals surface area contributed by atoms with Gasteiger partial charge >= 0.3 is 0 Å². The van der Waals surface area contributed by atoms with Crippen molar-refractivity contribution < 1.29 is 9.53 Å². The number of nitrogens with zero attached hydrogens (tertiary/aromatic N) is 4. The summed E-state index contributed by atoms with van der Waals surface area (Å²) in [7, 11) is 0. The van der Waals surface area contributed by atoms with Crippen LogP contribution in [-0.2, 0) is 9.53 Å². The maximum atomic E-state index is 13.0. The summed E-state index contributed by atoms with van der Waals surface area (Å²) in [6, 6.07) is 0.133. The molecule has 0 aromatic rings. The molecule has 1 unspecified atom stereocenters. The standard InChI is InChI=1S/C18H24N4O2S/c23-17-15-13-14(21-9-11-24-12-10-21)3-4-16(15)19-18(25)22(17)8-7-20-5-1-2-6-20/h3-4,13-14H,1-2,5-12H2. The smallest absolute Gasteiger partial charge is 0.262 e. The second-order valence-corrected chi connectivity index (χ2v) is 7.23. The Balaban J connectivity index is 1.48. The van der Waals surface area contributed by atoms with E-state index in [0.717, 1.165) is 45.9 Å². The summed E-state index contributed by atoms with van der Waals surface area (Å²) in [5.41, 5.74) is 1.39. The molecule has 2 saturated heterocycles. The lowest BCUT2D eigenvalue weighted by molar-refractivity contribution is -0.123. The van der Waals surface area contributed by atoms with Crippen molar-refractivity contribution in [2.45, 2.75) is 18.9 Å². The first-order valence-corrected chi connectivity index (χ1v) is 9.52. The third-order valence-electron chi connectivity index (χ3n) is 5.29. The number of morpholine rings is 1. The minimum Gasteiger partial charge on any atom is -0.379 e. The zero-order chi connectivity index (χ0) is 17.2. The van der Waals surface area contributed by atoms with Gasteiger partial charge in [0, 0.05) is 32.2 Å². The van der Waals surface area contributed by atoms with Crippen molar-refractivity contribution in [1.29, 1.82) is 0 Å². The molecule has 4 aliphatic rings. The van der Waals surface area contributed by atoms with Crippen molar-refractivity contribution in [3.8, 4) is 0 Å². The summed E-state index contributed by atoms with van der Waals surface area (Å²) in [6.07, 6.45) is 8.58. The Kier molecular flexibility index (Phi) is 5.08. The van der Waals surface area contributed by atoms with Gasteiger partial charge in [0.15, 0.2) is 0 Å². The lowest BCUT2D eigenvalue weighted by Gasteiger charge is -2.35. The van der Waals surface area contributed by atoms with Crippen LogP contribution in [0.25, 0.3) is 0 Å². The Morgan fingerprint density at radius 2 is 1.92 bits per heavy atom. The Bertz CT molecular complexity index is 645. The van der Waals surface area contributed by atoms with Crippen molar-refractivity contribution in [3.05, 3.63) is 23.8 Å². The van der Waals surface area contributed by atoms with E-state index in [1.807, 2.05) is 12.2 Å². The highest BCUT2D eigenvalue weighted by Crippen LogP contribution is 2.22. The zero-order valence-corrected chi connectivity index (χ0v) is 15.2. The fraction of sp³-hybridized carbons (Fsp3) is 0.611. The molecule has 6 nitrogen and oxygen atoms in total. The fourth-order valence-corrected chi connectivity index (χ4v) is 4.09. The van der Waals surface area contributed by atoms with Crippen LogP contribution in [0.4, 0.5) is 0 Å². The van der Waals surface area contributed by atoms with Crippen LogP contribution in [0.3, 0.4) is 0 Å². The number of carbonyl (C=O) groups is 1. The second-order valence-electron chi connectivity index (χ2n) is 6.86. The van der Waals surface area contributed by atoms with Crippen molar-refractivity contribution in [2.75, 3.05) is 52.5 Å². The van der Waals surface area contributed by atoms with Crippen LogP contribution >= 0.6 is 12.2 Å². The van der Waals surface area contributed by atoms with Gasteiger partial charge in [-0.05, 0) is 50.3 Å². The van der Waals surface area contributed by atoms with Gasteiger partial charge in [0.2, 0.25) is 5.11 Å². The normalized spacial score (nSPS) is 28.2. The Hall–Kier alpha value is -1.41.